The first-order valence-corrected chi connectivity index (χ1v) is 8.00. The van der Waals surface area contributed by atoms with Gasteiger partial charge in [-0.3, -0.25) is 0 Å². The first-order valence-electron chi connectivity index (χ1n) is 8.00. The molecule has 0 aromatic heterocycles. The van der Waals surface area contributed by atoms with Gasteiger partial charge in [0.1, 0.15) is 0 Å². The summed E-state index contributed by atoms with van der Waals surface area (Å²) in [6.45, 7) is 0. The van der Waals surface area contributed by atoms with Gasteiger partial charge in [-0.15, -0.1) is 0 Å². The molecule has 0 atom stereocenters. The summed E-state index contributed by atoms with van der Waals surface area (Å²) in [7, 11) is 6.21. The number of rotatable bonds is 3. The second-order valence-corrected chi connectivity index (χ2v) is 5.81. The minimum Gasteiger partial charge on any atom is -0.398 e. The average molecular weight is 305 g/mol. The third-order valence-electron chi connectivity index (χ3n) is 4.26. The predicted octanol–water partition coefficient (Wildman–Crippen LogP) is 5.73. The first kappa shape index (κ1) is 14.6. The summed E-state index contributed by atoms with van der Waals surface area (Å²) in [6.07, 6.45) is 0. The Morgan fingerprint density at radius 1 is 0.500 bits per heavy atom. The molecule has 1 nitrogen and oxygen atoms in total. The van der Waals surface area contributed by atoms with Crippen LogP contribution in [0.1, 0.15) is 0 Å². The molecule has 2 heteroatoms. The highest BCUT2D eigenvalue weighted by Gasteiger charge is 2.04. The molecule has 4 rings (SSSR count). The van der Waals surface area contributed by atoms with Gasteiger partial charge in [0.15, 0.2) is 0 Å². The maximum atomic E-state index is 6.21. The van der Waals surface area contributed by atoms with Crippen LogP contribution in [0.2, 0.25) is 0 Å². The molecule has 0 aliphatic carbocycles. The lowest BCUT2D eigenvalue weighted by atomic mass is 10.0. The third-order valence-corrected chi connectivity index (χ3v) is 4.26. The lowest BCUT2D eigenvalue weighted by Crippen LogP contribution is -2.11. The van der Waals surface area contributed by atoms with Crippen molar-refractivity contribution in [2.45, 2.75) is 0 Å². The van der Waals surface area contributed by atoms with Crippen LogP contribution in [0.25, 0.3) is 21.9 Å². The lowest BCUT2D eigenvalue weighted by molar-refractivity contribution is 1.41. The van der Waals surface area contributed by atoms with E-state index in [1.165, 1.54) is 21.9 Å². The van der Waals surface area contributed by atoms with Gasteiger partial charge >= 0.3 is 0 Å². The zero-order valence-corrected chi connectivity index (χ0v) is 13.3. The Balaban J connectivity index is 1.65. The molecule has 0 heterocycles. The van der Waals surface area contributed by atoms with Gasteiger partial charge in [-0.05, 0) is 52.2 Å². The molecule has 0 aliphatic heterocycles. The number of benzene rings is 4. The van der Waals surface area contributed by atoms with E-state index < -0.39 is 0 Å². The number of para-hydroxylation sites is 1. The Hall–Kier alpha value is -3.00. The standard InChI is InChI=1S/C22H16BN/c23-24(21-8-2-1-3-9-21)22-14-12-18(13-15-22)20-11-10-17-6-4-5-7-19(17)16-20/h1-16H. The largest absolute Gasteiger partial charge is 0.398 e. The summed E-state index contributed by atoms with van der Waals surface area (Å²) < 4.78 is 0. The van der Waals surface area contributed by atoms with E-state index in [1.807, 2.05) is 30.3 Å². The topological polar surface area (TPSA) is 3.24 Å². The monoisotopic (exact) mass is 305 g/mol. The van der Waals surface area contributed by atoms with Crippen LogP contribution in [0.4, 0.5) is 11.4 Å². The summed E-state index contributed by atoms with van der Waals surface area (Å²) in [5.41, 5.74) is 4.33. The van der Waals surface area contributed by atoms with Crippen LogP contribution >= 0.6 is 0 Å². The Labute approximate surface area is 143 Å². The van der Waals surface area contributed by atoms with Crippen LogP contribution in [0.5, 0.6) is 0 Å². The molecule has 4 aromatic carbocycles. The average Bonchev–Trinajstić information content (AvgIpc) is 2.68. The second kappa shape index (κ2) is 6.25. The lowest BCUT2D eigenvalue weighted by Gasteiger charge is -2.20. The van der Waals surface area contributed by atoms with Gasteiger partial charge < -0.3 is 4.81 Å². The zero-order valence-electron chi connectivity index (χ0n) is 13.3. The highest BCUT2D eigenvalue weighted by molar-refractivity contribution is 6.22. The van der Waals surface area contributed by atoms with E-state index in [0.29, 0.717) is 0 Å². The molecular formula is C22H16BN. The molecule has 0 fully saturated rings. The van der Waals surface area contributed by atoms with Crippen LogP contribution in [-0.4, -0.2) is 7.98 Å². The molecule has 112 valence electrons. The van der Waals surface area contributed by atoms with Crippen LogP contribution in [0.3, 0.4) is 0 Å². The molecule has 0 aliphatic rings. The number of hydrogen-bond acceptors (Lipinski definition) is 1. The SMILES string of the molecule is [B]N(c1ccccc1)c1ccc(-c2ccc3ccccc3c2)cc1. The minimum absolute atomic E-state index is 0.964. The van der Waals surface area contributed by atoms with E-state index in [9.17, 15) is 0 Å². The van der Waals surface area contributed by atoms with Crippen LogP contribution in [0.15, 0.2) is 97.1 Å². The normalized spacial score (nSPS) is 10.7. The maximum Gasteiger partial charge on any atom is 0.234 e. The molecule has 0 saturated carbocycles. The van der Waals surface area contributed by atoms with Crippen molar-refractivity contribution in [3.05, 3.63) is 97.1 Å². The third kappa shape index (κ3) is 2.79. The van der Waals surface area contributed by atoms with Crippen molar-refractivity contribution in [1.29, 1.82) is 0 Å². The molecule has 0 unspecified atom stereocenters. The van der Waals surface area contributed by atoms with Gasteiger partial charge in [-0.1, -0.05) is 66.7 Å². The summed E-state index contributed by atoms with van der Waals surface area (Å²) in [5, 5.41) is 2.51. The van der Waals surface area contributed by atoms with Crippen molar-refractivity contribution in [3.8, 4) is 11.1 Å². The highest BCUT2D eigenvalue weighted by Crippen LogP contribution is 2.28. The Bertz CT molecular complexity index is 962. The summed E-state index contributed by atoms with van der Waals surface area (Å²) in [6, 6.07) is 33.2. The molecule has 4 aromatic rings. The number of nitrogens with zero attached hydrogens (tertiary/aromatic N) is 1. The molecular weight excluding hydrogens is 289 g/mol. The molecule has 24 heavy (non-hydrogen) atoms. The minimum atomic E-state index is 0.964. The van der Waals surface area contributed by atoms with Gasteiger partial charge in [0.2, 0.25) is 7.98 Å². The Morgan fingerprint density at radius 3 is 1.83 bits per heavy atom. The molecule has 0 bridgehead atoms. The van der Waals surface area contributed by atoms with Gasteiger partial charge in [0.25, 0.3) is 0 Å². The Morgan fingerprint density at radius 2 is 1.08 bits per heavy atom. The molecule has 0 N–H and O–H groups in total. The van der Waals surface area contributed by atoms with Crippen LogP contribution < -0.4 is 4.81 Å². The summed E-state index contributed by atoms with van der Waals surface area (Å²) in [4.78, 5) is 1.70. The highest BCUT2D eigenvalue weighted by atomic mass is 15.0. The quantitative estimate of drug-likeness (QED) is 0.437. The van der Waals surface area contributed by atoms with Crippen molar-refractivity contribution >= 4 is 30.1 Å². The van der Waals surface area contributed by atoms with Gasteiger partial charge in [-0.2, -0.15) is 0 Å². The zero-order chi connectivity index (χ0) is 16.4. The van der Waals surface area contributed by atoms with Gasteiger partial charge in [0, 0.05) is 11.4 Å². The van der Waals surface area contributed by atoms with E-state index in [4.69, 9.17) is 7.98 Å². The molecule has 0 saturated heterocycles. The van der Waals surface area contributed by atoms with Crippen LogP contribution in [-0.2, 0) is 0 Å². The fourth-order valence-corrected chi connectivity index (χ4v) is 2.92. The maximum absolute atomic E-state index is 6.21. The molecule has 0 spiro atoms. The number of hydrogen-bond donors (Lipinski definition) is 0. The van der Waals surface area contributed by atoms with E-state index in [2.05, 4.69) is 66.7 Å². The molecule has 2 radical (unpaired) electrons. The Kier molecular flexibility index (Phi) is 3.80. The second-order valence-electron chi connectivity index (χ2n) is 5.81. The summed E-state index contributed by atoms with van der Waals surface area (Å²) in [5.74, 6) is 0. The predicted molar refractivity (Wildman–Crippen MR) is 104 cm³/mol. The van der Waals surface area contributed by atoms with Crippen molar-refractivity contribution in [3.63, 3.8) is 0 Å². The first-order chi connectivity index (χ1) is 11.8. The van der Waals surface area contributed by atoms with Crippen molar-refractivity contribution in [2.24, 2.45) is 0 Å². The van der Waals surface area contributed by atoms with Gasteiger partial charge in [-0.25, -0.2) is 0 Å². The van der Waals surface area contributed by atoms with E-state index in [-0.39, 0.29) is 0 Å². The van der Waals surface area contributed by atoms with E-state index in [0.717, 1.165) is 11.4 Å². The van der Waals surface area contributed by atoms with Crippen molar-refractivity contribution < 1.29 is 0 Å². The van der Waals surface area contributed by atoms with Crippen LogP contribution in [0, 0.1) is 0 Å². The number of anilines is 2. The number of fused-ring (bicyclic) bond motifs is 1. The molecule has 0 amide bonds. The van der Waals surface area contributed by atoms with E-state index in [1.54, 1.807) is 4.81 Å². The van der Waals surface area contributed by atoms with Crippen molar-refractivity contribution in [2.75, 3.05) is 4.81 Å². The summed E-state index contributed by atoms with van der Waals surface area (Å²) >= 11 is 0. The fourth-order valence-electron chi connectivity index (χ4n) is 2.92. The van der Waals surface area contributed by atoms with Gasteiger partial charge in [0.05, 0.1) is 0 Å². The van der Waals surface area contributed by atoms with E-state index >= 15 is 0 Å². The van der Waals surface area contributed by atoms with Crippen molar-refractivity contribution in [1.82, 2.24) is 0 Å². The smallest absolute Gasteiger partial charge is 0.234 e. The fraction of sp³-hybridized carbons (Fsp3) is 0.